The van der Waals surface area contributed by atoms with Crippen molar-refractivity contribution in [1.29, 1.82) is 0 Å². The van der Waals surface area contributed by atoms with Crippen molar-refractivity contribution in [2.75, 3.05) is 6.54 Å². The van der Waals surface area contributed by atoms with Crippen LogP contribution in [0.25, 0.3) is 0 Å². The quantitative estimate of drug-likeness (QED) is 0.398. The van der Waals surface area contributed by atoms with E-state index in [-0.39, 0.29) is 27.6 Å². The standard InChI is InChI=1S/C30H42ClNO4S/c1-19(5-4-16-32-37(35,36)23-8-6-21(31)7-9-23)24-10-11-25-28-26(13-15-30(24,25)3)29(2)14-12-22(33)17-20(29)18-27(28)34/h6-9,19-20,24-26,28,32H,4-5,10-18H2,1-3H3/t19-,20+,24-,25+,26+,28+,29+,30-/m1/s1. The fourth-order valence-electron chi connectivity index (χ4n) is 9.23. The van der Waals surface area contributed by atoms with Crippen LogP contribution in [0, 0.1) is 46.3 Å². The molecule has 4 fully saturated rings. The van der Waals surface area contributed by atoms with Gasteiger partial charge in [0.2, 0.25) is 10.0 Å². The summed E-state index contributed by atoms with van der Waals surface area (Å²) in [5.41, 5.74) is 0.311. The van der Waals surface area contributed by atoms with E-state index in [0.717, 1.165) is 38.5 Å². The fraction of sp³-hybridized carbons (Fsp3) is 0.733. The molecule has 7 heteroatoms. The fourth-order valence-corrected chi connectivity index (χ4v) is 10.4. The molecular formula is C30H42ClNO4S. The molecule has 4 aliphatic rings. The molecule has 37 heavy (non-hydrogen) atoms. The monoisotopic (exact) mass is 547 g/mol. The highest BCUT2D eigenvalue weighted by Crippen LogP contribution is 2.67. The Morgan fingerprint density at radius 2 is 1.70 bits per heavy atom. The van der Waals surface area contributed by atoms with E-state index >= 15 is 0 Å². The number of hydrogen-bond donors (Lipinski definition) is 1. The molecule has 1 N–H and O–H groups in total. The molecule has 5 rings (SSSR count). The second-order valence-corrected chi connectivity index (χ2v) is 15.3. The number of rotatable bonds is 7. The Morgan fingerprint density at radius 1 is 1.00 bits per heavy atom. The molecule has 0 aliphatic heterocycles. The van der Waals surface area contributed by atoms with Gasteiger partial charge in [-0.05, 0) is 110 Å². The van der Waals surface area contributed by atoms with Crippen LogP contribution in [0.3, 0.4) is 0 Å². The van der Waals surface area contributed by atoms with E-state index in [2.05, 4.69) is 25.5 Å². The van der Waals surface area contributed by atoms with E-state index < -0.39 is 10.0 Å². The van der Waals surface area contributed by atoms with Gasteiger partial charge in [0.25, 0.3) is 0 Å². The number of nitrogens with one attached hydrogen (secondary N) is 1. The Bertz CT molecular complexity index is 1150. The second-order valence-electron chi connectivity index (χ2n) is 13.1. The minimum absolute atomic E-state index is 0.138. The van der Waals surface area contributed by atoms with Gasteiger partial charge in [0, 0.05) is 36.7 Å². The van der Waals surface area contributed by atoms with E-state index in [1.54, 1.807) is 12.1 Å². The van der Waals surface area contributed by atoms with Gasteiger partial charge < -0.3 is 0 Å². The number of ketones is 2. The highest BCUT2D eigenvalue weighted by molar-refractivity contribution is 7.89. The number of benzene rings is 1. The number of Topliss-reactive ketones (excluding diaryl/α,β-unsaturated/α-hetero) is 2. The van der Waals surface area contributed by atoms with Crippen LogP contribution in [0.2, 0.25) is 5.02 Å². The molecule has 0 spiro atoms. The summed E-state index contributed by atoms with van der Waals surface area (Å²) in [5, 5.41) is 0.517. The van der Waals surface area contributed by atoms with Gasteiger partial charge in [-0.3, -0.25) is 9.59 Å². The van der Waals surface area contributed by atoms with Crippen LogP contribution >= 0.6 is 11.6 Å². The molecule has 8 atom stereocenters. The smallest absolute Gasteiger partial charge is 0.240 e. The molecule has 4 saturated carbocycles. The summed E-state index contributed by atoms with van der Waals surface area (Å²) >= 11 is 5.89. The van der Waals surface area contributed by atoms with E-state index in [1.165, 1.54) is 18.6 Å². The van der Waals surface area contributed by atoms with Crippen molar-refractivity contribution in [1.82, 2.24) is 4.72 Å². The molecule has 0 radical (unpaired) electrons. The van der Waals surface area contributed by atoms with Crippen molar-refractivity contribution < 1.29 is 18.0 Å². The summed E-state index contributed by atoms with van der Waals surface area (Å²) in [5.74, 6) is 3.13. The van der Waals surface area contributed by atoms with Crippen LogP contribution in [0.4, 0.5) is 0 Å². The van der Waals surface area contributed by atoms with Gasteiger partial charge in [-0.1, -0.05) is 32.4 Å². The second kappa shape index (κ2) is 10.1. The number of carbonyl (C=O) groups is 2. The van der Waals surface area contributed by atoms with Crippen LogP contribution in [0.5, 0.6) is 0 Å². The van der Waals surface area contributed by atoms with Crippen molar-refractivity contribution in [2.24, 2.45) is 46.3 Å². The van der Waals surface area contributed by atoms with E-state index in [1.807, 2.05) is 0 Å². The van der Waals surface area contributed by atoms with Crippen LogP contribution in [0.15, 0.2) is 29.2 Å². The first kappa shape index (κ1) is 27.3. The first-order chi connectivity index (χ1) is 17.5. The SMILES string of the molecule is C[C@H](CCCNS(=O)(=O)c1ccc(Cl)cc1)[C@H]1CC[C@H]2[C@@H]3C(=O)C[C@@H]4CC(=O)CC[C@]4(C)[C@H]3CC[C@]12C. The Balaban J connectivity index is 1.21. The lowest BCUT2D eigenvalue weighted by Gasteiger charge is -2.59. The molecule has 0 saturated heterocycles. The zero-order valence-corrected chi connectivity index (χ0v) is 24.0. The van der Waals surface area contributed by atoms with Gasteiger partial charge in [-0.25, -0.2) is 13.1 Å². The highest BCUT2D eigenvalue weighted by Gasteiger charge is 2.63. The third-order valence-electron chi connectivity index (χ3n) is 11.3. The van der Waals surface area contributed by atoms with Gasteiger partial charge in [-0.2, -0.15) is 0 Å². The van der Waals surface area contributed by atoms with Gasteiger partial charge in [0.05, 0.1) is 4.90 Å². The average Bonchev–Trinajstić information content (AvgIpc) is 3.20. The van der Waals surface area contributed by atoms with Crippen molar-refractivity contribution in [3.8, 4) is 0 Å². The molecule has 0 bridgehead atoms. The number of halogens is 1. The summed E-state index contributed by atoms with van der Waals surface area (Å²) in [7, 11) is -3.53. The first-order valence-electron chi connectivity index (χ1n) is 14.3. The number of hydrogen-bond acceptors (Lipinski definition) is 4. The average molecular weight is 548 g/mol. The Labute approximate surface area is 227 Å². The normalized spacial score (nSPS) is 38.5. The zero-order valence-electron chi connectivity index (χ0n) is 22.5. The van der Waals surface area contributed by atoms with Crippen LogP contribution in [0.1, 0.15) is 85.0 Å². The first-order valence-corrected chi connectivity index (χ1v) is 16.1. The summed E-state index contributed by atoms with van der Waals surface area (Å²) in [4.78, 5) is 26.0. The maximum atomic E-state index is 13.6. The van der Waals surface area contributed by atoms with Crippen LogP contribution in [-0.2, 0) is 19.6 Å². The van der Waals surface area contributed by atoms with Crippen molar-refractivity contribution >= 4 is 33.2 Å². The van der Waals surface area contributed by atoms with Gasteiger partial charge in [0.1, 0.15) is 11.6 Å². The minimum atomic E-state index is -3.53. The van der Waals surface area contributed by atoms with E-state index in [0.29, 0.717) is 66.1 Å². The summed E-state index contributed by atoms with van der Waals surface area (Å²) < 4.78 is 27.9. The van der Waals surface area contributed by atoms with Crippen molar-refractivity contribution in [2.45, 2.75) is 89.9 Å². The third kappa shape index (κ3) is 4.84. The maximum absolute atomic E-state index is 13.6. The predicted molar refractivity (Wildman–Crippen MR) is 146 cm³/mol. The molecule has 0 unspecified atom stereocenters. The van der Waals surface area contributed by atoms with E-state index in [9.17, 15) is 18.0 Å². The number of fused-ring (bicyclic) bond motifs is 5. The zero-order chi connectivity index (χ0) is 26.6. The molecule has 0 aromatic heterocycles. The lowest BCUT2D eigenvalue weighted by molar-refractivity contribution is -0.159. The molecule has 4 aliphatic carbocycles. The Kier molecular flexibility index (Phi) is 7.43. The molecule has 0 heterocycles. The maximum Gasteiger partial charge on any atom is 0.240 e. The lowest BCUT2D eigenvalue weighted by atomic mass is 9.44. The molecule has 1 aromatic carbocycles. The van der Waals surface area contributed by atoms with Crippen molar-refractivity contribution in [3.05, 3.63) is 29.3 Å². The minimum Gasteiger partial charge on any atom is -0.300 e. The highest BCUT2D eigenvalue weighted by atomic mass is 35.5. The molecule has 1 aromatic rings. The Morgan fingerprint density at radius 3 is 2.43 bits per heavy atom. The van der Waals surface area contributed by atoms with Crippen LogP contribution in [-0.4, -0.2) is 26.5 Å². The summed E-state index contributed by atoms with van der Waals surface area (Å²) in [6, 6.07) is 6.25. The largest absolute Gasteiger partial charge is 0.300 e. The number of carbonyl (C=O) groups excluding carboxylic acids is 2. The van der Waals surface area contributed by atoms with Gasteiger partial charge in [-0.15, -0.1) is 0 Å². The van der Waals surface area contributed by atoms with E-state index in [4.69, 9.17) is 11.6 Å². The summed E-state index contributed by atoms with van der Waals surface area (Å²) in [6.07, 6.45) is 9.18. The van der Waals surface area contributed by atoms with Gasteiger partial charge >= 0.3 is 0 Å². The predicted octanol–water partition coefficient (Wildman–Crippen LogP) is 6.44. The topological polar surface area (TPSA) is 80.3 Å². The Hall–Kier alpha value is -1.24. The lowest BCUT2D eigenvalue weighted by Crippen LogP contribution is -2.57. The van der Waals surface area contributed by atoms with Crippen LogP contribution < -0.4 is 4.72 Å². The third-order valence-corrected chi connectivity index (χ3v) is 13.0. The molecule has 0 amide bonds. The number of sulfonamides is 1. The molecular weight excluding hydrogens is 506 g/mol. The van der Waals surface area contributed by atoms with Gasteiger partial charge in [0.15, 0.2) is 0 Å². The molecule has 204 valence electrons. The summed E-state index contributed by atoms with van der Waals surface area (Å²) in [6.45, 7) is 7.57. The molecule has 5 nitrogen and oxygen atoms in total. The van der Waals surface area contributed by atoms with Crippen molar-refractivity contribution in [3.63, 3.8) is 0 Å².